The fraction of sp³-hybridized carbons (Fsp3) is 0.758. The number of amides is 1. The van der Waals surface area contributed by atoms with Gasteiger partial charge in [-0.1, -0.05) is 26.3 Å². The first kappa shape index (κ1) is 29.4. The van der Waals surface area contributed by atoms with Gasteiger partial charge in [0, 0.05) is 37.1 Å². The van der Waals surface area contributed by atoms with Crippen molar-refractivity contribution < 1.29 is 18.8 Å². The smallest absolute Gasteiger partial charge is 0.236 e. The molecule has 3 heterocycles. The van der Waals surface area contributed by atoms with E-state index in [1.165, 1.54) is 12.1 Å². The summed E-state index contributed by atoms with van der Waals surface area (Å²) in [4.78, 5) is 23.4. The molecule has 40 heavy (non-hydrogen) atoms. The topological polar surface area (TPSA) is 54.4 Å². The molecule has 2 aliphatic carbocycles. The van der Waals surface area contributed by atoms with Crippen LogP contribution in [0.5, 0.6) is 0 Å². The van der Waals surface area contributed by atoms with Crippen LogP contribution < -0.4 is 0 Å². The number of hydrogen-bond acceptors (Lipinski definition) is 5. The number of fused-ring (bicyclic) bond motifs is 1. The van der Waals surface area contributed by atoms with Gasteiger partial charge in [-0.15, -0.1) is 0 Å². The Hall–Kier alpha value is -2.12. The molecule has 2 saturated heterocycles. The second kappa shape index (κ2) is 12.4. The molecule has 3 fully saturated rings. The Bertz CT molecular complexity index is 1040. The van der Waals surface area contributed by atoms with Crippen LogP contribution in [0.25, 0.3) is 0 Å². The third-order valence-corrected chi connectivity index (χ3v) is 9.75. The number of hydrogen-bond donors (Lipinski definition) is 0. The fourth-order valence-corrected chi connectivity index (χ4v) is 7.32. The molecule has 0 radical (unpaired) electrons. The molecule has 7 heteroatoms. The van der Waals surface area contributed by atoms with E-state index in [0.29, 0.717) is 42.9 Å². The number of rotatable bonds is 13. The monoisotopic (exact) mass is 553 g/mol. The van der Waals surface area contributed by atoms with Crippen LogP contribution in [0.4, 0.5) is 0 Å². The van der Waals surface area contributed by atoms with Gasteiger partial charge in [-0.25, -0.2) is 0 Å². The van der Waals surface area contributed by atoms with Gasteiger partial charge in [0.25, 0.3) is 0 Å². The number of ether oxygens (including phenoxy) is 2. The number of unbranched alkanes of at least 4 members (excludes halogenated alkanes) is 2. The van der Waals surface area contributed by atoms with Crippen LogP contribution >= 0.6 is 0 Å². The Morgan fingerprint density at radius 3 is 2.67 bits per heavy atom. The molecule has 0 bridgehead atoms. The van der Waals surface area contributed by atoms with Crippen molar-refractivity contribution in [1.82, 2.24) is 9.80 Å². The molecule has 4 unspecified atom stereocenters. The molecular weight excluding hydrogens is 500 g/mol. The lowest BCUT2D eigenvalue weighted by Gasteiger charge is -2.30. The van der Waals surface area contributed by atoms with Crippen LogP contribution in [-0.4, -0.2) is 92.6 Å². The average Bonchev–Trinajstić information content (AvgIpc) is 3.21. The van der Waals surface area contributed by atoms with Crippen LogP contribution in [0.15, 0.2) is 40.4 Å². The van der Waals surface area contributed by atoms with Gasteiger partial charge in [0.05, 0.1) is 34.2 Å². The summed E-state index contributed by atoms with van der Waals surface area (Å²) in [7, 11) is 6.74. The Labute approximate surface area is 242 Å². The maximum absolute atomic E-state index is 13.9. The summed E-state index contributed by atoms with van der Waals surface area (Å²) in [6.07, 6.45) is 18.8. The highest BCUT2D eigenvalue weighted by Gasteiger charge is 2.62. The van der Waals surface area contributed by atoms with E-state index in [1.54, 1.807) is 0 Å². The van der Waals surface area contributed by atoms with Crippen molar-refractivity contribution in [2.75, 3.05) is 60.7 Å². The first-order valence-corrected chi connectivity index (χ1v) is 15.9. The Kier molecular flexibility index (Phi) is 9.11. The predicted octanol–water partition coefficient (Wildman–Crippen LogP) is 5.36. The van der Waals surface area contributed by atoms with Crippen molar-refractivity contribution in [3.8, 4) is 0 Å². The number of nitrogens with zero attached hydrogens (tertiary/aromatic N) is 4. The second-order valence-electron chi connectivity index (χ2n) is 14.1. The van der Waals surface area contributed by atoms with Crippen molar-refractivity contribution >= 4 is 12.1 Å². The minimum Gasteiger partial charge on any atom is -0.454 e. The number of carbonyl (C=O) groups excluding carboxylic acids is 1. The summed E-state index contributed by atoms with van der Waals surface area (Å²) in [5, 5.41) is 0. The highest BCUT2D eigenvalue weighted by molar-refractivity contribution is 5.78. The van der Waals surface area contributed by atoms with E-state index in [9.17, 15) is 4.79 Å². The molecule has 5 aliphatic rings. The molecule has 5 atom stereocenters. The van der Waals surface area contributed by atoms with E-state index < -0.39 is 0 Å². The fourth-order valence-electron chi connectivity index (χ4n) is 7.32. The van der Waals surface area contributed by atoms with E-state index in [0.717, 1.165) is 93.5 Å². The van der Waals surface area contributed by atoms with Gasteiger partial charge in [0.2, 0.25) is 12.7 Å². The van der Waals surface area contributed by atoms with Gasteiger partial charge in [0.15, 0.2) is 11.5 Å². The van der Waals surface area contributed by atoms with Crippen LogP contribution in [0.2, 0.25) is 0 Å². The molecule has 0 aromatic carbocycles. The molecule has 0 aromatic rings. The minimum atomic E-state index is 0.132. The lowest BCUT2D eigenvalue weighted by atomic mass is 9.84. The molecule has 3 aliphatic heterocycles. The third kappa shape index (κ3) is 7.02. The van der Waals surface area contributed by atoms with E-state index in [-0.39, 0.29) is 5.54 Å². The maximum Gasteiger partial charge on any atom is 0.236 e. The average molecular weight is 554 g/mol. The summed E-state index contributed by atoms with van der Waals surface area (Å²) in [6, 6.07) is 0. The van der Waals surface area contributed by atoms with Crippen LogP contribution in [-0.2, 0) is 14.3 Å². The number of carbonyl (C=O) groups is 1. The van der Waals surface area contributed by atoms with Gasteiger partial charge in [-0.3, -0.25) is 14.7 Å². The van der Waals surface area contributed by atoms with Crippen molar-refractivity contribution in [2.45, 2.75) is 77.2 Å². The molecular formula is C33H53N4O3+. The number of likely N-dealkylation sites (tertiary alicyclic amines) is 1. The van der Waals surface area contributed by atoms with E-state index in [1.807, 2.05) is 0 Å². The number of quaternary nitrogens is 1. The Balaban J connectivity index is 1.27. The number of aliphatic imine (C=N–C) groups is 1. The molecule has 1 amide bonds. The van der Waals surface area contributed by atoms with Gasteiger partial charge >= 0.3 is 0 Å². The van der Waals surface area contributed by atoms with Gasteiger partial charge < -0.3 is 18.9 Å². The lowest BCUT2D eigenvalue weighted by Crippen LogP contribution is -2.45. The molecule has 7 nitrogen and oxygen atoms in total. The van der Waals surface area contributed by atoms with Crippen molar-refractivity contribution in [3.05, 3.63) is 35.4 Å². The SMILES string of the molecule is CCCCN(CCCC[N+](C)(C)C)C(=O)CN1C[C@H](C2C=C3OCOC3=CC2)CC12CC2CC1=CC(C)CC=N1. The maximum atomic E-state index is 13.9. The number of allylic oxidation sites excluding steroid dienone is 4. The molecule has 0 aromatic heterocycles. The summed E-state index contributed by atoms with van der Waals surface area (Å²) in [5.74, 6) is 4.28. The zero-order valence-corrected chi connectivity index (χ0v) is 25.7. The quantitative estimate of drug-likeness (QED) is 0.228. The van der Waals surface area contributed by atoms with Crippen molar-refractivity contribution in [1.29, 1.82) is 0 Å². The molecule has 0 N–H and O–H groups in total. The van der Waals surface area contributed by atoms with Crippen molar-refractivity contribution in [3.63, 3.8) is 0 Å². The summed E-state index contributed by atoms with van der Waals surface area (Å²) in [6.45, 7) is 9.28. The molecule has 5 rings (SSSR count). The zero-order valence-electron chi connectivity index (χ0n) is 25.7. The molecule has 222 valence electrons. The van der Waals surface area contributed by atoms with E-state index in [4.69, 9.17) is 14.5 Å². The van der Waals surface area contributed by atoms with E-state index >= 15 is 0 Å². The van der Waals surface area contributed by atoms with Gasteiger partial charge in [-0.2, -0.15) is 0 Å². The largest absolute Gasteiger partial charge is 0.454 e. The molecule has 1 saturated carbocycles. The molecule has 1 spiro atoms. The van der Waals surface area contributed by atoms with Crippen LogP contribution in [0.1, 0.15) is 71.6 Å². The Morgan fingerprint density at radius 2 is 1.90 bits per heavy atom. The third-order valence-electron chi connectivity index (χ3n) is 9.75. The van der Waals surface area contributed by atoms with Crippen molar-refractivity contribution in [2.24, 2.45) is 28.7 Å². The first-order chi connectivity index (χ1) is 19.2. The van der Waals surface area contributed by atoms with Gasteiger partial charge in [-0.05, 0) is 87.2 Å². The Morgan fingerprint density at radius 1 is 1.10 bits per heavy atom. The zero-order chi connectivity index (χ0) is 28.3. The lowest BCUT2D eigenvalue weighted by molar-refractivity contribution is -0.870. The normalized spacial score (nSPS) is 31.3. The summed E-state index contributed by atoms with van der Waals surface area (Å²) < 4.78 is 12.3. The summed E-state index contributed by atoms with van der Waals surface area (Å²) in [5.41, 5.74) is 1.38. The highest BCUT2D eigenvalue weighted by Crippen LogP contribution is 2.60. The minimum absolute atomic E-state index is 0.132. The first-order valence-electron chi connectivity index (χ1n) is 15.9. The van der Waals surface area contributed by atoms with Crippen LogP contribution in [0.3, 0.4) is 0 Å². The van der Waals surface area contributed by atoms with E-state index in [2.05, 4.69) is 69.2 Å². The predicted molar refractivity (Wildman–Crippen MR) is 160 cm³/mol. The van der Waals surface area contributed by atoms with Gasteiger partial charge in [0.1, 0.15) is 0 Å². The van der Waals surface area contributed by atoms with Crippen LogP contribution in [0, 0.1) is 23.7 Å². The second-order valence-corrected chi connectivity index (χ2v) is 14.1. The standard InChI is InChI=1S/C33H53N4O3/c1-6-7-14-35(15-8-9-16-37(3,4)5)32(38)23-36-22-27(26-10-11-30-31(18-26)40-24-39-30)20-33(36)21-28(33)19-29-17-25(2)12-13-34-29/h11,13,17-18,25-28H,6-10,12,14-16,19-24H2,1-5H3/q+1/t25?,26?,27-,28?,33?/m1/s1. The highest BCUT2D eigenvalue weighted by atomic mass is 16.7. The summed E-state index contributed by atoms with van der Waals surface area (Å²) >= 11 is 0.